The minimum atomic E-state index is -0.779. The Morgan fingerprint density at radius 3 is 2.68 bits per heavy atom. The zero-order valence-corrected chi connectivity index (χ0v) is 15.8. The van der Waals surface area contributed by atoms with Gasteiger partial charge in [-0.15, -0.1) is 5.10 Å². The maximum absolute atomic E-state index is 12.6. The maximum atomic E-state index is 12.6. The molecule has 2 aromatic carbocycles. The number of hydrogen-bond donors (Lipinski definition) is 1. The highest BCUT2D eigenvalue weighted by Crippen LogP contribution is 2.20. The Labute approximate surface area is 166 Å². The highest BCUT2D eigenvalue weighted by atomic mass is 35.5. The number of halogens is 1. The van der Waals surface area contributed by atoms with Gasteiger partial charge in [0.15, 0.2) is 12.6 Å². The zero-order chi connectivity index (χ0) is 19.9. The Hall–Kier alpha value is -3.26. The Morgan fingerprint density at radius 2 is 2.00 bits per heavy atom. The van der Waals surface area contributed by atoms with Crippen LogP contribution in [0.15, 0.2) is 54.9 Å². The molecule has 0 radical (unpaired) electrons. The first-order chi connectivity index (χ1) is 13.5. The molecule has 0 spiro atoms. The first-order valence-corrected chi connectivity index (χ1v) is 8.90. The van der Waals surface area contributed by atoms with Crippen LogP contribution in [0.5, 0.6) is 0 Å². The van der Waals surface area contributed by atoms with E-state index in [4.69, 9.17) is 16.3 Å². The summed E-state index contributed by atoms with van der Waals surface area (Å²) in [5.41, 5.74) is 2.34. The lowest BCUT2D eigenvalue weighted by atomic mass is 10.1. The van der Waals surface area contributed by atoms with Gasteiger partial charge in [-0.05, 0) is 40.6 Å². The van der Waals surface area contributed by atoms with Crippen molar-refractivity contribution < 1.29 is 14.3 Å². The van der Waals surface area contributed by atoms with Gasteiger partial charge in [0.25, 0.3) is 5.91 Å². The summed E-state index contributed by atoms with van der Waals surface area (Å²) in [6.45, 7) is 1.43. The molecule has 0 aliphatic carbocycles. The minimum Gasteiger partial charge on any atom is -0.454 e. The van der Waals surface area contributed by atoms with Gasteiger partial charge >= 0.3 is 5.97 Å². The number of nitrogens with one attached hydrogen (secondary N) is 1. The van der Waals surface area contributed by atoms with E-state index in [-0.39, 0.29) is 0 Å². The number of benzene rings is 2. The van der Waals surface area contributed by atoms with Crippen molar-refractivity contribution in [3.63, 3.8) is 0 Å². The van der Waals surface area contributed by atoms with Crippen molar-refractivity contribution in [2.75, 3.05) is 11.9 Å². The monoisotopic (exact) mass is 399 g/mol. The van der Waals surface area contributed by atoms with Crippen molar-refractivity contribution in [2.45, 2.75) is 19.4 Å². The van der Waals surface area contributed by atoms with Gasteiger partial charge in [-0.1, -0.05) is 48.0 Å². The van der Waals surface area contributed by atoms with Crippen LogP contribution >= 0.6 is 11.6 Å². The van der Waals surface area contributed by atoms with Gasteiger partial charge in [0.1, 0.15) is 6.33 Å². The molecule has 1 N–H and O–H groups in total. The quantitative estimate of drug-likeness (QED) is 0.613. The van der Waals surface area contributed by atoms with Gasteiger partial charge in [-0.2, -0.15) is 0 Å². The van der Waals surface area contributed by atoms with E-state index in [0.29, 0.717) is 17.1 Å². The number of amides is 1. The number of nitrogens with zero attached hydrogens (tertiary/aromatic N) is 4. The summed E-state index contributed by atoms with van der Waals surface area (Å²) in [4.78, 5) is 24.7. The summed E-state index contributed by atoms with van der Waals surface area (Å²) in [7, 11) is 0. The van der Waals surface area contributed by atoms with Gasteiger partial charge in [-0.25, -0.2) is 9.48 Å². The summed E-state index contributed by atoms with van der Waals surface area (Å²) < 4.78 is 6.50. The molecule has 1 atom stereocenters. The Kier molecular flexibility index (Phi) is 6.33. The molecule has 8 nitrogen and oxygen atoms in total. The van der Waals surface area contributed by atoms with Gasteiger partial charge in [-0.3, -0.25) is 4.79 Å². The molecule has 3 aromatic rings. The van der Waals surface area contributed by atoms with E-state index in [1.807, 2.05) is 37.3 Å². The van der Waals surface area contributed by atoms with Gasteiger partial charge < -0.3 is 10.1 Å². The number of ether oxygens (including phenoxy) is 1. The highest BCUT2D eigenvalue weighted by Gasteiger charge is 2.24. The second-order valence-corrected chi connectivity index (χ2v) is 6.52. The molecule has 1 aromatic heterocycles. The van der Waals surface area contributed by atoms with Crippen LogP contribution in [-0.4, -0.2) is 38.7 Å². The third-order valence-corrected chi connectivity index (χ3v) is 4.44. The summed E-state index contributed by atoms with van der Waals surface area (Å²) in [6.07, 6.45) is 1.67. The van der Waals surface area contributed by atoms with Gasteiger partial charge in [0.2, 0.25) is 0 Å². The standard InChI is InChI=1S/C19H18ClN5O3/c1-13-7-8-15(10-16(13)20)22-18(26)11-28-19(27)17(25-12-21-23-24-25)9-14-5-3-2-4-6-14/h2-8,10,12,17H,9,11H2,1H3,(H,22,26)/t17-/m0/s1. The normalized spacial score (nSPS) is 11.6. The first kappa shape index (κ1) is 19.5. The van der Waals surface area contributed by atoms with Crippen molar-refractivity contribution in [3.05, 3.63) is 71.0 Å². The van der Waals surface area contributed by atoms with Crippen LogP contribution in [0.1, 0.15) is 17.2 Å². The summed E-state index contributed by atoms with van der Waals surface area (Å²) in [5.74, 6) is -1.07. The molecule has 9 heteroatoms. The highest BCUT2D eigenvalue weighted by molar-refractivity contribution is 6.31. The smallest absolute Gasteiger partial charge is 0.331 e. The fourth-order valence-corrected chi connectivity index (χ4v) is 2.71. The molecule has 0 bridgehead atoms. The Morgan fingerprint density at radius 1 is 1.21 bits per heavy atom. The third kappa shape index (κ3) is 5.14. The zero-order valence-electron chi connectivity index (χ0n) is 15.1. The third-order valence-electron chi connectivity index (χ3n) is 4.03. The fourth-order valence-electron chi connectivity index (χ4n) is 2.53. The Balaban J connectivity index is 1.61. The SMILES string of the molecule is Cc1ccc(NC(=O)COC(=O)[C@H](Cc2ccccc2)n2cnnn2)cc1Cl. The molecule has 0 aliphatic heterocycles. The molecular formula is C19H18ClN5O3. The molecule has 144 valence electrons. The molecule has 28 heavy (non-hydrogen) atoms. The lowest BCUT2D eigenvalue weighted by Gasteiger charge is -2.15. The molecular weight excluding hydrogens is 382 g/mol. The maximum Gasteiger partial charge on any atom is 0.331 e. The van der Waals surface area contributed by atoms with Crippen LogP contribution in [0.2, 0.25) is 5.02 Å². The number of aromatic nitrogens is 4. The number of carbonyl (C=O) groups is 2. The van der Waals surface area contributed by atoms with E-state index in [2.05, 4.69) is 20.8 Å². The molecule has 0 unspecified atom stereocenters. The van der Waals surface area contributed by atoms with Crippen LogP contribution in [0.4, 0.5) is 5.69 Å². The van der Waals surface area contributed by atoms with E-state index in [1.54, 1.807) is 18.2 Å². The number of carbonyl (C=O) groups excluding carboxylic acids is 2. The average molecular weight is 400 g/mol. The van der Waals surface area contributed by atoms with E-state index in [1.165, 1.54) is 11.0 Å². The van der Waals surface area contributed by atoms with Crippen LogP contribution < -0.4 is 5.32 Å². The van der Waals surface area contributed by atoms with Crippen molar-refractivity contribution in [2.24, 2.45) is 0 Å². The first-order valence-electron chi connectivity index (χ1n) is 8.52. The number of tetrazole rings is 1. The average Bonchev–Trinajstić information content (AvgIpc) is 3.22. The fraction of sp³-hybridized carbons (Fsp3) is 0.211. The number of esters is 1. The predicted molar refractivity (Wildman–Crippen MR) is 103 cm³/mol. The molecule has 1 amide bonds. The molecule has 0 fully saturated rings. The van der Waals surface area contributed by atoms with Crippen LogP contribution in [0.3, 0.4) is 0 Å². The van der Waals surface area contributed by atoms with Crippen LogP contribution in [0.25, 0.3) is 0 Å². The van der Waals surface area contributed by atoms with Crippen LogP contribution in [0, 0.1) is 6.92 Å². The lowest BCUT2D eigenvalue weighted by molar-refractivity contribution is -0.151. The second kappa shape index (κ2) is 9.09. The minimum absolute atomic E-state index is 0.333. The Bertz CT molecular complexity index is 947. The molecule has 0 saturated carbocycles. The number of hydrogen-bond acceptors (Lipinski definition) is 6. The topological polar surface area (TPSA) is 99.0 Å². The molecule has 0 saturated heterocycles. The summed E-state index contributed by atoms with van der Waals surface area (Å²) in [5, 5.41) is 14.1. The van der Waals surface area contributed by atoms with E-state index >= 15 is 0 Å². The van der Waals surface area contributed by atoms with E-state index < -0.39 is 24.5 Å². The second-order valence-electron chi connectivity index (χ2n) is 6.12. The van der Waals surface area contributed by atoms with E-state index in [9.17, 15) is 9.59 Å². The van der Waals surface area contributed by atoms with Gasteiger partial charge in [0.05, 0.1) is 0 Å². The predicted octanol–water partition coefficient (Wildman–Crippen LogP) is 2.60. The molecule has 0 aliphatic rings. The molecule has 3 rings (SSSR count). The number of anilines is 1. The van der Waals surface area contributed by atoms with Gasteiger partial charge in [0, 0.05) is 17.1 Å². The van der Waals surface area contributed by atoms with E-state index in [0.717, 1.165) is 11.1 Å². The van der Waals surface area contributed by atoms with Crippen molar-refractivity contribution in [1.29, 1.82) is 0 Å². The molecule has 1 heterocycles. The van der Waals surface area contributed by atoms with Crippen molar-refractivity contribution in [3.8, 4) is 0 Å². The summed E-state index contributed by atoms with van der Waals surface area (Å²) in [6, 6.07) is 13.8. The lowest BCUT2D eigenvalue weighted by Crippen LogP contribution is -2.28. The summed E-state index contributed by atoms with van der Waals surface area (Å²) >= 11 is 6.04. The number of rotatable bonds is 7. The largest absolute Gasteiger partial charge is 0.454 e. The van der Waals surface area contributed by atoms with Crippen LogP contribution in [-0.2, 0) is 20.7 Å². The van der Waals surface area contributed by atoms with Crippen molar-refractivity contribution >= 4 is 29.2 Å². The number of aryl methyl sites for hydroxylation is 1. The van der Waals surface area contributed by atoms with Crippen molar-refractivity contribution in [1.82, 2.24) is 20.2 Å².